The molecule has 0 unspecified atom stereocenters. The number of nitrogens with zero attached hydrogens (tertiary/aromatic N) is 1. The molecule has 104 valence electrons. The highest BCUT2D eigenvalue weighted by Crippen LogP contribution is 2.34. The summed E-state index contributed by atoms with van der Waals surface area (Å²) in [6, 6.07) is 7.68. The van der Waals surface area contributed by atoms with Gasteiger partial charge in [0.05, 0.1) is 0 Å². The lowest BCUT2D eigenvalue weighted by Gasteiger charge is -2.24. The SMILES string of the molecule is CCCCN1CC[C@H](c2ccc(Br)cc2)[C@@H]1C(=O)O. The maximum Gasteiger partial charge on any atom is 0.321 e. The van der Waals surface area contributed by atoms with Crippen LogP contribution in [-0.2, 0) is 4.79 Å². The number of likely N-dealkylation sites (tertiary alicyclic amines) is 1. The quantitative estimate of drug-likeness (QED) is 0.900. The van der Waals surface area contributed by atoms with E-state index in [1.54, 1.807) is 0 Å². The fourth-order valence-corrected chi connectivity index (χ4v) is 3.12. The van der Waals surface area contributed by atoms with Crippen LogP contribution in [0.4, 0.5) is 0 Å². The van der Waals surface area contributed by atoms with Crippen molar-refractivity contribution in [2.24, 2.45) is 0 Å². The molecule has 1 fully saturated rings. The van der Waals surface area contributed by atoms with Crippen LogP contribution in [0, 0.1) is 0 Å². The molecule has 1 aromatic carbocycles. The third-order valence-electron chi connectivity index (χ3n) is 3.85. The molecule has 4 heteroatoms. The van der Waals surface area contributed by atoms with Crippen LogP contribution in [0.3, 0.4) is 0 Å². The van der Waals surface area contributed by atoms with Gasteiger partial charge in [-0.25, -0.2) is 0 Å². The molecule has 0 spiro atoms. The van der Waals surface area contributed by atoms with Gasteiger partial charge in [-0.2, -0.15) is 0 Å². The van der Waals surface area contributed by atoms with E-state index in [-0.39, 0.29) is 12.0 Å². The number of hydrogen-bond acceptors (Lipinski definition) is 2. The number of aliphatic carboxylic acids is 1. The van der Waals surface area contributed by atoms with Crippen molar-refractivity contribution in [1.29, 1.82) is 0 Å². The number of benzene rings is 1. The number of carboxylic acids is 1. The first-order valence-electron chi connectivity index (χ1n) is 6.85. The highest BCUT2D eigenvalue weighted by Gasteiger charge is 2.39. The molecule has 0 aliphatic carbocycles. The smallest absolute Gasteiger partial charge is 0.321 e. The molecular weight excluding hydrogens is 306 g/mol. The average molecular weight is 326 g/mol. The number of halogens is 1. The van der Waals surface area contributed by atoms with Crippen molar-refractivity contribution in [3.8, 4) is 0 Å². The summed E-state index contributed by atoms with van der Waals surface area (Å²) < 4.78 is 1.03. The van der Waals surface area contributed by atoms with Gasteiger partial charge in [0.1, 0.15) is 6.04 Å². The molecule has 2 atom stereocenters. The van der Waals surface area contributed by atoms with E-state index in [4.69, 9.17) is 0 Å². The summed E-state index contributed by atoms with van der Waals surface area (Å²) in [6.07, 6.45) is 3.10. The van der Waals surface area contributed by atoms with Gasteiger partial charge >= 0.3 is 5.97 Å². The second-order valence-corrected chi connectivity index (χ2v) is 6.03. The number of hydrogen-bond donors (Lipinski definition) is 1. The minimum Gasteiger partial charge on any atom is -0.480 e. The molecule has 1 N–H and O–H groups in total. The standard InChI is InChI=1S/C15H20BrNO2/c1-2-3-9-17-10-8-13(14(17)15(18)19)11-4-6-12(16)7-5-11/h4-7,13-14H,2-3,8-10H2,1H3,(H,18,19)/t13-,14-/m1/s1. The molecule has 19 heavy (non-hydrogen) atoms. The van der Waals surface area contributed by atoms with E-state index in [2.05, 4.69) is 27.8 Å². The van der Waals surface area contributed by atoms with Gasteiger partial charge in [-0.15, -0.1) is 0 Å². The van der Waals surface area contributed by atoms with Crippen LogP contribution < -0.4 is 0 Å². The Labute approximate surface area is 122 Å². The summed E-state index contributed by atoms with van der Waals surface area (Å²) in [7, 11) is 0. The lowest BCUT2D eigenvalue weighted by Crippen LogP contribution is -2.39. The van der Waals surface area contributed by atoms with E-state index >= 15 is 0 Å². The lowest BCUT2D eigenvalue weighted by atomic mass is 9.92. The minimum absolute atomic E-state index is 0.113. The third-order valence-corrected chi connectivity index (χ3v) is 4.38. The van der Waals surface area contributed by atoms with Gasteiger partial charge in [-0.05, 0) is 43.6 Å². The fraction of sp³-hybridized carbons (Fsp3) is 0.533. The Bertz CT molecular complexity index is 432. The van der Waals surface area contributed by atoms with Gasteiger partial charge in [0.2, 0.25) is 0 Å². The molecule has 3 nitrogen and oxygen atoms in total. The lowest BCUT2D eigenvalue weighted by molar-refractivity contribution is -0.142. The maximum atomic E-state index is 11.6. The average Bonchev–Trinajstić information content (AvgIpc) is 2.81. The number of unbranched alkanes of at least 4 members (excludes halogenated alkanes) is 1. The number of rotatable bonds is 5. The zero-order chi connectivity index (χ0) is 13.8. The summed E-state index contributed by atoms with van der Waals surface area (Å²) in [5.74, 6) is -0.580. The summed E-state index contributed by atoms with van der Waals surface area (Å²) in [4.78, 5) is 13.7. The van der Waals surface area contributed by atoms with Crippen LogP contribution in [0.15, 0.2) is 28.7 Å². The van der Waals surface area contributed by atoms with E-state index < -0.39 is 5.97 Å². The maximum absolute atomic E-state index is 11.6. The molecular formula is C15H20BrNO2. The van der Waals surface area contributed by atoms with Crippen molar-refractivity contribution in [3.63, 3.8) is 0 Å². The first-order chi connectivity index (χ1) is 9.13. The van der Waals surface area contributed by atoms with E-state index in [9.17, 15) is 9.90 Å². The highest BCUT2D eigenvalue weighted by atomic mass is 79.9. The van der Waals surface area contributed by atoms with Crippen LogP contribution in [0.25, 0.3) is 0 Å². The van der Waals surface area contributed by atoms with E-state index in [0.717, 1.165) is 42.4 Å². The van der Waals surface area contributed by atoms with E-state index in [1.165, 1.54) is 0 Å². The molecule has 0 radical (unpaired) electrons. The summed E-state index contributed by atoms with van der Waals surface area (Å²) in [5, 5.41) is 9.52. The first-order valence-corrected chi connectivity index (χ1v) is 7.65. The van der Waals surface area contributed by atoms with Crippen molar-refractivity contribution < 1.29 is 9.90 Å². The Morgan fingerprint density at radius 1 is 1.42 bits per heavy atom. The first kappa shape index (κ1) is 14.5. The van der Waals surface area contributed by atoms with Gasteiger partial charge in [0, 0.05) is 10.4 Å². The van der Waals surface area contributed by atoms with Crippen LogP contribution in [0.5, 0.6) is 0 Å². The molecule has 2 rings (SSSR count). The molecule has 0 aromatic heterocycles. The van der Waals surface area contributed by atoms with Crippen molar-refractivity contribution in [2.75, 3.05) is 13.1 Å². The Hall–Kier alpha value is -0.870. The summed E-state index contributed by atoms with van der Waals surface area (Å²) >= 11 is 3.42. The van der Waals surface area contributed by atoms with Gasteiger partial charge in [0.15, 0.2) is 0 Å². The van der Waals surface area contributed by atoms with Gasteiger partial charge in [-0.1, -0.05) is 41.4 Å². The predicted molar refractivity (Wildman–Crippen MR) is 79.4 cm³/mol. The Balaban J connectivity index is 2.16. The van der Waals surface area contributed by atoms with Crippen LogP contribution >= 0.6 is 15.9 Å². The van der Waals surface area contributed by atoms with Crippen LogP contribution in [0.2, 0.25) is 0 Å². The minimum atomic E-state index is -0.693. The van der Waals surface area contributed by atoms with Crippen LogP contribution in [-0.4, -0.2) is 35.1 Å². The van der Waals surface area contributed by atoms with Gasteiger partial charge in [-0.3, -0.25) is 9.69 Å². The Morgan fingerprint density at radius 3 is 2.68 bits per heavy atom. The van der Waals surface area contributed by atoms with E-state index in [1.807, 2.05) is 24.3 Å². The van der Waals surface area contributed by atoms with Crippen molar-refractivity contribution in [2.45, 2.75) is 38.1 Å². The molecule has 0 amide bonds. The summed E-state index contributed by atoms with van der Waals surface area (Å²) in [6.45, 7) is 3.91. The monoisotopic (exact) mass is 325 g/mol. The number of carbonyl (C=O) groups is 1. The Morgan fingerprint density at radius 2 is 2.11 bits per heavy atom. The zero-order valence-corrected chi connectivity index (χ0v) is 12.8. The highest BCUT2D eigenvalue weighted by molar-refractivity contribution is 9.10. The number of carboxylic acid groups (broad SMARTS) is 1. The molecule has 1 aromatic rings. The Kier molecular flexibility index (Phi) is 4.99. The molecule has 0 saturated carbocycles. The predicted octanol–water partition coefficient (Wildman–Crippen LogP) is 3.49. The summed E-state index contributed by atoms with van der Waals surface area (Å²) in [5.41, 5.74) is 1.13. The molecule has 1 saturated heterocycles. The van der Waals surface area contributed by atoms with Crippen LogP contribution in [0.1, 0.15) is 37.7 Å². The fourth-order valence-electron chi connectivity index (χ4n) is 2.86. The topological polar surface area (TPSA) is 40.5 Å². The largest absolute Gasteiger partial charge is 0.480 e. The van der Waals surface area contributed by atoms with Crippen molar-refractivity contribution in [1.82, 2.24) is 4.90 Å². The molecule has 1 aliphatic rings. The second-order valence-electron chi connectivity index (χ2n) is 5.12. The molecule has 0 bridgehead atoms. The second kappa shape index (κ2) is 6.53. The van der Waals surface area contributed by atoms with Gasteiger partial charge < -0.3 is 5.11 Å². The third kappa shape index (κ3) is 3.37. The zero-order valence-electron chi connectivity index (χ0n) is 11.2. The normalized spacial score (nSPS) is 23.7. The van der Waals surface area contributed by atoms with Gasteiger partial charge in [0.25, 0.3) is 0 Å². The van der Waals surface area contributed by atoms with E-state index in [0.29, 0.717) is 0 Å². The molecule has 1 heterocycles. The molecule has 1 aliphatic heterocycles. The van der Waals surface area contributed by atoms with Crippen molar-refractivity contribution >= 4 is 21.9 Å². The van der Waals surface area contributed by atoms with Crippen molar-refractivity contribution in [3.05, 3.63) is 34.3 Å².